The normalized spacial score (nSPS) is 11.9. The van der Waals surface area contributed by atoms with Crippen molar-refractivity contribution < 1.29 is 27.8 Å². The summed E-state index contributed by atoms with van der Waals surface area (Å²) in [5.41, 5.74) is 0. The molecule has 322 valence electrons. The van der Waals surface area contributed by atoms with Crippen LogP contribution in [0.4, 0.5) is 8.78 Å². The van der Waals surface area contributed by atoms with Crippen molar-refractivity contribution in [2.24, 2.45) is 0 Å². The van der Waals surface area contributed by atoms with E-state index in [-0.39, 0.29) is 24.5 Å². The van der Waals surface area contributed by atoms with Gasteiger partial charge in [0.2, 0.25) is 5.92 Å². The number of ether oxygens (including phenoxy) is 2. The fourth-order valence-corrected chi connectivity index (χ4v) is 7.35. The second kappa shape index (κ2) is 40.0. The minimum atomic E-state index is -2.61. The Labute approximate surface area is 334 Å². The Balaban J connectivity index is 4.25. The molecule has 0 N–H and O–H groups in total. The van der Waals surface area contributed by atoms with Crippen molar-refractivity contribution in [1.82, 2.24) is 4.90 Å². The fourth-order valence-electron chi connectivity index (χ4n) is 7.35. The highest BCUT2D eigenvalue weighted by Gasteiger charge is 2.20. The third kappa shape index (κ3) is 40.4. The highest BCUT2D eigenvalue weighted by atomic mass is 19.3. The first-order chi connectivity index (χ1) is 26.2. The van der Waals surface area contributed by atoms with E-state index < -0.39 is 5.92 Å². The van der Waals surface area contributed by atoms with Gasteiger partial charge < -0.3 is 14.4 Å². The number of hydrogen-bond donors (Lipinski definition) is 0. The number of carbonyl (C=O) groups is 2. The number of halogens is 2. The summed E-state index contributed by atoms with van der Waals surface area (Å²) in [4.78, 5) is 27.2. The molecule has 0 aliphatic heterocycles. The van der Waals surface area contributed by atoms with Gasteiger partial charge in [-0.3, -0.25) is 9.59 Å². The van der Waals surface area contributed by atoms with Crippen LogP contribution in [0.15, 0.2) is 0 Å². The average Bonchev–Trinajstić information content (AvgIpc) is 3.13. The molecule has 0 aromatic heterocycles. The van der Waals surface area contributed by atoms with Crippen molar-refractivity contribution in [2.45, 2.75) is 264 Å². The van der Waals surface area contributed by atoms with E-state index >= 15 is 0 Å². The van der Waals surface area contributed by atoms with E-state index in [2.05, 4.69) is 25.7 Å². The summed E-state index contributed by atoms with van der Waals surface area (Å²) in [5, 5.41) is 0. The number of nitrogens with zero attached hydrogens (tertiary/aromatic N) is 1. The predicted octanol–water partition coefficient (Wildman–Crippen LogP) is 15.1. The van der Waals surface area contributed by atoms with E-state index in [1.165, 1.54) is 96.3 Å². The smallest absolute Gasteiger partial charge is 0.306 e. The topological polar surface area (TPSA) is 55.8 Å². The molecule has 0 aromatic rings. The molecule has 5 nitrogen and oxygen atoms in total. The number of carbonyl (C=O) groups excluding carboxylic acids is 2. The molecule has 0 aromatic carbocycles. The van der Waals surface area contributed by atoms with Gasteiger partial charge in [0, 0.05) is 19.3 Å². The molecule has 0 rings (SSSR count). The quantitative estimate of drug-likeness (QED) is 0.0456. The molecule has 7 heteroatoms. The molecule has 0 saturated carbocycles. The minimum absolute atomic E-state index is 0.0189. The Morgan fingerprint density at radius 3 is 1.31 bits per heavy atom. The summed E-state index contributed by atoms with van der Waals surface area (Å²) >= 11 is 0. The molecule has 0 bridgehead atoms. The summed E-state index contributed by atoms with van der Waals surface area (Å²) in [6.07, 6.45) is 37.6. The molecule has 0 heterocycles. The highest BCUT2D eigenvalue weighted by Crippen LogP contribution is 2.20. The first kappa shape index (κ1) is 52.8. The Morgan fingerprint density at radius 1 is 0.481 bits per heavy atom. The van der Waals surface area contributed by atoms with Crippen molar-refractivity contribution in [3.63, 3.8) is 0 Å². The highest BCUT2D eigenvalue weighted by molar-refractivity contribution is 5.69. The zero-order valence-corrected chi connectivity index (χ0v) is 36.5. The maximum Gasteiger partial charge on any atom is 0.306 e. The molecule has 0 aliphatic rings. The van der Waals surface area contributed by atoms with Gasteiger partial charge in [-0.25, -0.2) is 8.78 Å². The average molecular weight is 772 g/mol. The Bertz CT molecular complexity index is 789. The van der Waals surface area contributed by atoms with Crippen LogP contribution in [0.5, 0.6) is 0 Å². The van der Waals surface area contributed by atoms with Gasteiger partial charge in [-0.1, -0.05) is 162 Å². The van der Waals surface area contributed by atoms with Crippen LogP contribution < -0.4 is 0 Å². The number of alkyl halides is 2. The summed E-state index contributed by atoms with van der Waals surface area (Å²) < 4.78 is 38.4. The van der Waals surface area contributed by atoms with Gasteiger partial charge in [0.15, 0.2) is 0 Å². The molecule has 0 saturated heterocycles. The SMILES string of the molecule is CCCCCCCCCOC(=O)CCCCCCCN(CCCCCCCC(=O)OC(CCCCCCCC)CCCCCCCC)CCCC(C)(F)F. The predicted molar refractivity (Wildman–Crippen MR) is 227 cm³/mol. The molecule has 0 unspecified atom stereocenters. The fraction of sp³-hybridized carbons (Fsp3) is 0.957. The van der Waals surface area contributed by atoms with Crippen molar-refractivity contribution >= 4 is 11.9 Å². The lowest BCUT2D eigenvalue weighted by molar-refractivity contribution is -0.150. The van der Waals surface area contributed by atoms with Crippen LogP contribution >= 0.6 is 0 Å². The van der Waals surface area contributed by atoms with Gasteiger partial charge >= 0.3 is 11.9 Å². The van der Waals surface area contributed by atoms with Gasteiger partial charge in [0.25, 0.3) is 0 Å². The van der Waals surface area contributed by atoms with Crippen molar-refractivity contribution in [1.29, 1.82) is 0 Å². The second-order valence-electron chi connectivity index (χ2n) is 16.6. The second-order valence-corrected chi connectivity index (χ2v) is 16.6. The van der Waals surface area contributed by atoms with Gasteiger partial charge in [-0.15, -0.1) is 0 Å². The molecule has 0 fully saturated rings. The van der Waals surface area contributed by atoms with Crippen LogP contribution in [0.2, 0.25) is 0 Å². The number of esters is 2. The summed E-state index contributed by atoms with van der Waals surface area (Å²) in [7, 11) is 0. The monoisotopic (exact) mass is 772 g/mol. The molecule has 54 heavy (non-hydrogen) atoms. The van der Waals surface area contributed by atoms with Crippen molar-refractivity contribution in [2.75, 3.05) is 26.2 Å². The molecule has 0 aliphatic carbocycles. The zero-order chi connectivity index (χ0) is 39.8. The van der Waals surface area contributed by atoms with Crippen LogP contribution in [0.3, 0.4) is 0 Å². The van der Waals surface area contributed by atoms with Gasteiger partial charge in [0.05, 0.1) is 6.61 Å². The summed E-state index contributed by atoms with van der Waals surface area (Å²) in [6, 6.07) is 0. The lowest BCUT2D eigenvalue weighted by atomic mass is 10.0. The van der Waals surface area contributed by atoms with Crippen LogP contribution in [0.1, 0.15) is 252 Å². The third-order valence-corrected chi connectivity index (χ3v) is 10.9. The van der Waals surface area contributed by atoms with Crippen molar-refractivity contribution in [3.8, 4) is 0 Å². The molecular weight excluding hydrogens is 681 g/mol. The Morgan fingerprint density at radius 2 is 0.852 bits per heavy atom. The third-order valence-electron chi connectivity index (χ3n) is 10.9. The van der Waals surface area contributed by atoms with E-state index in [0.717, 1.165) is 129 Å². The Kier molecular flexibility index (Phi) is 39.1. The minimum Gasteiger partial charge on any atom is -0.466 e. The maximum absolute atomic E-state index is 13.5. The standard InChI is InChI=1S/C47H91F2NO4/c1-5-8-11-14-17-26-33-43-53-45(51)37-29-22-18-24-31-40-50(42-34-39-47(4,48)49)41-32-25-19-23-30-38-46(52)54-44(35-27-20-15-12-9-6-2)36-28-21-16-13-10-7-3/h44H,5-43H2,1-4H3. The molecule has 0 atom stereocenters. The summed E-state index contributed by atoms with van der Waals surface area (Å²) in [5.74, 6) is -2.69. The summed E-state index contributed by atoms with van der Waals surface area (Å²) in [6.45, 7) is 10.9. The van der Waals surface area contributed by atoms with E-state index in [0.29, 0.717) is 25.9 Å². The van der Waals surface area contributed by atoms with E-state index in [4.69, 9.17) is 9.47 Å². The zero-order valence-electron chi connectivity index (χ0n) is 36.5. The van der Waals surface area contributed by atoms with Crippen LogP contribution in [0.25, 0.3) is 0 Å². The lowest BCUT2D eigenvalue weighted by Crippen LogP contribution is -2.28. The molecule has 0 spiro atoms. The number of unbranched alkanes of at least 4 members (excludes halogenated alkanes) is 24. The van der Waals surface area contributed by atoms with Gasteiger partial charge in [-0.2, -0.15) is 0 Å². The largest absolute Gasteiger partial charge is 0.466 e. The van der Waals surface area contributed by atoms with E-state index in [1.54, 1.807) is 0 Å². The van der Waals surface area contributed by atoms with Gasteiger partial charge in [-0.05, 0) is 90.8 Å². The van der Waals surface area contributed by atoms with Crippen LogP contribution in [-0.2, 0) is 19.1 Å². The molecular formula is C47H91F2NO4. The number of hydrogen-bond acceptors (Lipinski definition) is 5. The van der Waals surface area contributed by atoms with Crippen LogP contribution in [-0.4, -0.2) is 55.1 Å². The van der Waals surface area contributed by atoms with Gasteiger partial charge in [0.1, 0.15) is 6.10 Å². The number of rotatable bonds is 43. The lowest BCUT2D eigenvalue weighted by Gasteiger charge is -2.23. The first-order valence-corrected chi connectivity index (χ1v) is 23.7. The first-order valence-electron chi connectivity index (χ1n) is 23.7. The van der Waals surface area contributed by atoms with Crippen LogP contribution in [0, 0.1) is 0 Å². The molecule has 0 radical (unpaired) electrons. The Hall–Kier alpha value is -1.24. The van der Waals surface area contributed by atoms with E-state index in [9.17, 15) is 18.4 Å². The van der Waals surface area contributed by atoms with Crippen molar-refractivity contribution in [3.05, 3.63) is 0 Å². The van der Waals surface area contributed by atoms with E-state index in [1.807, 2.05) is 0 Å². The maximum atomic E-state index is 13.5. The molecule has 0 amide bonds.